The number of aromatic amines is 1. The molecule has 0 radical (unpaired) electrons. The van der Waals surface area contributed by atoms with E-state index in [2.05, 4.69) is 15.1 Å². The summed E-state index contributed by atoms with van der Waals surface area (Å²) in [5.74, 6) is 0.684. The maximum atomic E-state index is 12.3. The Kier molecular flexibility index (Phi) is 3.27. The number of pyridine rings is 1. The van der Waals surface area contributed by atoms with Gasteiger partial charge in [-0.05, 0) is 49.6 Å². The standard InChI is InChI=1S/C19H15N3O2/c1-11-3-6-13(7-4-11)19-21-17(22-24-19)15-10-14-9-12(2)5-8-16(14)20-18(15)23/h3-10H,1-2H3,(H,20,23). The SMILES string of the molecule is Cc1ccc(-c2nc(-c3cc4cc(C)ccc4[nH]c3=O)no2)cc1. The van der Waals surface area contributed by atoms with Gasteiger partial charge in [-0.25, -0.2) is 0 Å². The van der Waals surface area contributed by atoms with Crippen LogP contribution in [0.3, 0.4) is 0 Å². The van der Waals surface area contributed by atoms with Crippen molar-refractivity contribution in [2.45, 2.75) is 13.8 Å². The van der Waals surface area contributed by atoms with Crippen LogP contribution >= 0.6 is 0 Å². The Balaban J connectivity index is 1.81. The maximum Gasteiger partial charge on any atom is 0.259 e. The molecule has 5 nitrogen and oxygen atoms in total. The van der Waals surface area contributed by atoms with Gasteiger partial charge in [0, 0.05) is 11.1 Å². The molecule has 0 atom stereocenters. The lowest BCUT2D eigenvalue weighted by Crippen LogP contribution is -2.09. The van der Waals surface area contributed by atoms with Crippen LogP contribution in [0.25, 0.3) is 33.7 Å². The highest BCUT2D eigenvalue weighted by Crippen LogP contribution is 2.22. The molecule has 0 saturated carbocycles. The van der Waals surface area contributed by atoms with Gasteiger partial charge < -0.3 is 9.51 Å². The van der Waals surface area contributed by atoms with Crippen LogP contribution in [0.4, 0.5) is 0 Å². The average Bonchev–Trinajstić information content (AvgIpc) is 3.05. The topological polar surface area (TPSA) is 71.8 Å². The first-order valence-corrected chi connectivity index (χ1v) is 7.65. The fraction of sp³-hybridized carbons (Fsp3) is 0.105. The van der Waals surface area contributed by atoms with E-state index < -0.39 is 0 Å². The van der Waals surface area contributed by atoms with E-state index in [1.54, 1.807) is 6.07 Å². The average molecular weight is 317 g/mol. The zero-order valence-electron chi connectivity index (χ0n) is 13.3. The van der Waals surface area contributed by atoms with Crippen LogP contribution in [0.5, 0.6) is 0 Å². The molecule has 0 aliphatic heterocycles. The third-order valence-electron chi connectivity index (χ3n) is 3.97. The number of benzene rings is 2. The second kappa shape index (κ2) is 5.45. The molecular formula is C19H15N3O2. The number of hydrogen-bond acceptors (Lipinski definition) is 4. The molecule has 4 rings (SSSR count). The lowest BCUT2D eigenvalue weighted by molar-refractivity contribution is 0.432. The van der Waals surface area contributed by atoms with Crippen molar-refractivity contribution >= 4 is 10.9 Å². The Morgan fingerprint density at radius 2 is 1.71 bits per heavy atom. The van der Waals surface area contributed by atoms with E-state index >= 15 is 0 Å². The van der Waals surface area contributed by atoms with Crippen LogP contribution in [-0.2, 0) is 0 Å². The van der Waals surface area contributed by atoms with Gasteiger partial charge in [-0.1, -0.05) is 34.5 Å². The van der Waals surface area contributed by atoms with Crippen molar-refractivity contribution in [2.75, 3.05) is 0 Å². The largest absolute Gasteiger partial charge is 0.334 e. The Morgan fingerprint density at radius 1 is 0.958 bits per heavy atom. The minimum atomic E-state index is -0.234. The van der Waals surface area contributed by atoms with Gasteiger partial charge in [0.05, 0.1) is 5.56 Å². The van der Waals surface area contributed by atoms with E-state index in [1.165, 1.54) is 0 Å². The second-order valence-corrected chi connectivity index (χ2v) is 5.89. The second-order valence-electron chi connectivity index (χ2n) is 5.89. The number of nitrogens with one attached hydrogen (secondary N) is 1. The molecule has 1 N–H and O–H groups in total. The molecule has 0 saturated heterocycles. The Labute approximate surface area is 138 Å². The third kappa shape index (κ3) is 2.50. The van der Waals surface area contributed by atoms with Crippen LogP contribution in [-0.4, -0.2) is 15.1 Å². The summed E-state index contributed by atoms with van der Waals surface area (Å²) in [6, 6.07) is 15.4. The van der Waals surface area contributed by atoms with Crippen molar-refractivity contribution in [2.24, 2.45) is 0 Å². The number of aryl methyl sites for hydroxylation is 2. The van der Waals surface area contributed by atoms with Gasteiger partial charge in [0.1, 0.15) is 0 Å². The highest BCUT2D eigenvalue weighted by molar-refractivity contribution is 5.83. The first-order chi connectivity index (χ1) is 11.6. The van der Waals surface area contributed by atoms with Gasteiger partial charge in [-0.15, -0.1) is 0 Å². The van der Waals surface area contributed by atoms with Crippen molar-refractivity contribution in [1.29, 1.82) is 0 Å². The predicted octanol–water partition coefficient (Wildman–Crippen LogP) is 3.86. The minimum Gasteiger partial charge on any atom is -0.334 e. The smallest absolute Gasteiger partial charge is 0.259 e. The predicted molar refractivity (Wildman–Crippen MR) is 92.8 cm³/mol. The summed E-state index contributed by atoms with van der Waals surface area (Å²) in [4.78, 5) is 19.6. The Hall–Kier alpha value is -3.21. The van der Waals surface area contributed by atoms with Crippen LogP contribution in [0, 0.1) is 13.8 Å². The highest BCUT2D eigenvalue weighted by Gasteiger charge is 2.14. The molecule has 0 spiro atoms. The van der Waals surface area contributed by atoms with Gasteiger partial charge in [-0.3, -0.25) is 4.79 Å². The van der Waals surface area contributed by atoms with E-state index in [0.717, 1.165) is 27.6 Å². The van der Waals surface area contributed by atoms with Gasteiger partial charge in [-0.2, -0.15) is 4.98 Å². The summed E-state index contributed by atoms with van der Waals surface area (Å²) in [6.45, 7) is 4.02. The summed E-state index contributed by atoms with van der Waals surface area (Å²) in [5, 5.41) is 4.91. The fourth-order valence-corrected chi connectivity index (χ4v) is 2.64. The van der Waals surface area contributed by atoms with E-state index in [1.807, 2.05) is 56.3 Å². The first-order valence-electron chi connectivity index (χ1n) is 7.65. The number of hydrogen-bond donors (Lipinski definition) is 1. The summed E-state index contributed by atoms with van der Waals surface area (Å²) < 4.78 is 5.32. The molecule has 118 valence electrons. The van der Waals surface area contributed by atoms with Crippen LogP contribution in [0.2, 0.25) is 0 Å². The fourth-order valence-electron chi connectivity index (χ4n) is 2.64. The molecule has 24 heavy (non-hydrogen) atoms. The molecule has 5 heteroatoms. The van der Waals surface area contributed by atoms with Gasteiger partial charge in [0.15, 0.2) is 0 Å². The molecule has 0 aliphatic carbocycles. The number of fused-ring (bicyclic) bond motifs is 1. The number of nitrogens with zero attached hydrogens (tertiary/aromatic N) is 2. The molecule has 0 unspecified atom stereocenters. The molecule has 2 aromatic heterocycles. The molecule has 0 bridgehead atoms. The lowest BCUT2D eigenvalue weighted by Gasteiger charge is -2.01. The summed E-state index contributed by atoms with van der Waals surface area (Å²) in [6.07, 6.45) is 0. The van der Waals surface area contributed by atoms with E-state index in [0.29, 0.717) is 11.5 Å². The summed E-state index contributed by atoms with van der Waals surface area (Å²) in [5.41, 5.74) is 4.05. The van der Waals surface area contributed by atoms with E-state index in [9.17, 15) is 4.79 Å². The number of rotatable bonds is 2. The van der Waals surface area contributed by atoms with Crippen molar-refractivity contribution in [3.8, 4) is 22.8 Å². The third-order valence-corrected chi connectivity index (χ3v) is 3.97. The Morgan fingerprint density at radius 3 is 2.50 bits per heavy atom. The summed E-state index contributed by atoms with van der Waals surface area (Å²) >= 11 is 0. The molecule has 2 aromatic carbocycles. The van der Waals surface area contributed by atoms with Crippen molar-refractivity contribution in [3.05, 3.63) is 70.0 Å². The Bertz CT molecular complexity index is 1090. The molecule has 4 aromatic rings. The van der Waals surface area contributed by atoms with Gasteiger partial charge in [0.2, 0.25) is 5.82 Å². The summed E-state index contributed by atoms with van der Waals surface area (Å²) in [7, 11) is 0. The van der Waals surface area contributed by atoms with Crippen LogP contribution in [0.15, 0.2) is 57.8 Å². The van der Waals surface area contributed by atoms with Gasteiger partial charge >= 0.3 is 0 Å². The molecule has 0 aliphatic rings. The minimum absolute atomic E-state index is 0.234. The zero-order valence-corrected chi connectivity index (χ0v) is 13.3. The van der Waals surface area contributed by atoms with Crippen LogP contribution < -0.4 is 5.56 Å². The van der Waals surface area contributed by atoms with E-state index in [4.69, 9.17) is 4.52 Å². The molecular weight excluding hydrogens is 302 g/mol. The maximum absolute atomic E-state index is 12.3. The van der Waals surface area contributed by atoms with Crippen LogP contribution in [0.1, 0.15) is 11.1 Å². The lowest BCUT2D eigenvalue weighted by atomic mass is 10.1. The van der Waals surface area contributed by atoms with Crippen molar-refractivity contribution in [1.82, 2.24) is 15.1 Å². The molecule has 2 heterocycles. The number of aromatic nitrogens is 3. The number of H-pyrrole nitrogens is 1. The highest BCUT2D eigenvalue weighted by atomic mass is 16.5. The van der Waals surface area contributed by atoms with Crippen molar-refractivity contribution < 1.29 is 4.52 Å². The quantitative estimate of drug-likeness (QED) is 0.609. The molecule has 0 amide bonds. The first kappa shape index (κ1) is 14.4. The normalized spacial score (nSPS) is 11.1. The van der Waals surface area contributed by atoms with E-state index in [-0.39, 0.29) is 11.4 Å². The van der Waals surface area contributed by atoms with Crippen molar-refractivity contribution in [3.63, 3.8) is 0 Å². The zero-order chi connectivity index (χ0) is 16.7. The molecule has 0 fully saturated rings. The van der Waals surface area contributed by atoms with Gasteiger partial charge in [0.25, 0.3) is 11.4 Å². The monoisotopic (exact) mass is 317 g/mol.